The predicted molar refractivity (Wildman–Crippen MR) is 85.3 cm³/mol. The molecule has 0 aliphatic carbocycles. The van der Waals surface area contributed by atoms with Crippen molar-refractivity contribution in [3.63, 3.8) is 0 Å². The number of nitrogens with one attached hydrogen (secondary N) is 1. The van der Waals surface area contributed by atoms with Crippen molar-refractivity contribution in [1.29, 1.82) is 0 Å². The molecule has 0 bridgehead atoms. The zero-order valence-electron chi connectivity index (χ0n) is 13.3. The Hall–Kier alpha value is -2.43. The molecule has 5 nitrogen and oxygen atoms in total. The molecule has 0 spiro atoms. The summed E-state index contributed by atoms with van der Waals surface area (Å²) < 4.78 is 5.26. The van der Waals surface area contributed by atoms with Gasteiger partial charge in [0, 0.05) is 18.0 Å². The minimum atomic E-state index is -0.499. The van der Waals surface area contributed by atoms with Crippen molar-refractivity contribution >= 4 is 6.09 Å². The molecule has 0 radical (unpaired) electrons. The first-order chi connectivity index (χ1) is 10.3. The molecule has 0 aliphatic rings. The Morgan fingerprint density at radius 3 is 2.23 bits per heavy atom. The number of hydrogen-bond acceptors (Lipinski definition) is 4. The highest BCUT2D eigenvalue weighted by molar-refractivity contribution is 5.68. The largest absolute Gasteiger partial charge is 0.444 e. The van der Waals surface area contributed by atoms with Crippen LogP contribution in [0.15, 0.2) is 43.0 Å². The van der Waals surface area contributed by atoms with Gasteiger partial charge in [0.05, 0.1) is 6.04 Å². The minimum Gasteiger partial charge on any atom is -0.444 e. The van der Waals surface area contributed by atoms with Gasteiger partial charge >= 0.3 is 6.09 Å². The van der Waals surface area contributed by atoms with E-state index in [9.17, 15) is 4.79 Å². The highest BCUT2D eigenvalue weighted by Gasteiger charge is 2.18. The molecule has 1 heterocycles. The van der Waals surface area contributed by atoms with E-state index >= 15 is 0 Å². The minimum absolute atomic E-state index is 0.129. The average molecular weight is 299 g/mol. The molecule has 1 N–H and O–H groups in total. The third kappa shape index (κ3) is 4.55. The SMILES string of the molecule is C[C@H](NC(=O)OC(C)(C)C)c1ccc(-c2cncnc2)cc1. The quantitative estimate of drug-likeness (QED) is 0.938. The van der Waals surface area contributed by atoms with Crippen LogP contribution in [0.25, 0.3) is 11.1 Å². The first-order valence-corrected chi connectivity index (χ1v) is 7.20. The summed E-state index contributed by atoms with van der Waals surface area (Å²) in [5, 5.41) is 2.83. The van der Waals surface area contributed by atoms with Gasteiger partial charge in [0.25, 0.3) is 0 Å². The van der Waals surface area contributed by atoms with Gasteiger partial charge in [-0.25, -0.2) is 14.8 Å². The highest BCUT2D eigenvalue weighted by atomic mass is 16.6. The summed E-state index contributed by atoms with van der Waals surface area (Å²) in [6.07, 6.45) is 4.62. The van der Waals surface area contributed by atoms with Crippen molar-refractivity contribution < 1.29 is 9.53 Å². The number of rotatable bonds is 3. The van der Waals surface area contributed by atoms with E-state index in [0.717, 1.165) is 16.7 Å². The first-order valence-electron chi connectivity index (χ1n) is 7.20. The molecule has 0 saturated carbocycles. The van der Waals surface area contributed by atoms with Crippen molar-refractivity contribution in [2.75, 3.05) is 0 Å². The third-order valence-corrected chi connectivity index (χ3v) is 3.04. The van der Waals surface area contributed by atoms with Gasteiger partial charge in [0.1, 0.15) is 11.9 Å². The summed E-state index contributed by atoms with van der Waals surface area (Å²) in [7, 11) is 0. The molecule has 0 aliphatic heterocycles. The normalized spacial score (nSPS) is 12.5. The smallest absolute Gasteiger partial charge is 0.408 e. The molecule has 22 heavy (non-hydrogen) atoms. The topological polar surface area (TPSA) is 64.1 Å². The summed E-state index contributed by atoms with van der Waals surface area (Å²) in [4.78, 5) is 19.8. The van der Waals surface area contributed by atoms with Crippen LogP contribution in [-0.4, -0.2) is 21.7 Å². The number of amides is 1. The standard InChI is InChI=1S/C17H21N3O2/c1-12(20-16(21)22-17(2,3)4)13-5-7-14(8-6-13)15-9-18-11-19-10-15/h5-12H,1-4H3,(H,20,21)/t12-/m0/s1. The lowest BCUT2D eigenvalue weighted by Gasteiger charge is -2.22. The molecule has 0 fully saturated rings. The van der Waals surface area contributed by atoms with E-state index in [2.05, 4.69) is 15.3 Å². The number of carbonyl (C=O) groups is 1. The third-order valence-electron chi connectivity index (χ3n) is 3.04. The van der Waals surface area contributed by atoms with Gasteiger partial charge in [-0.05, 0) is 38.8 Å². The fourth-order valence-electron chi connectivity index (χ4n) is 1.98. The van der Waals surface area contributed by atoms with Crippen LogP contribution in [0.5, 0.6) is 0 Å². The second kappa shape index (κ2) is 6.56. The maximum atomic E-state index is 11.8. The maximum Gasteiger partial charge on any atom is 0.408 e. The van der Waals surface area contributed by atoms with E-state index in [4.69, 9.17) is 4.74 Å². The second-order valence-electron chi connectivity index (χ2n) is 6.12. The summed E-state index contributed by atoms with van der Waals surface area (Å²) in [6, 6.07) is 7.80. The Bertz CT molecular complexity index is 619. The number of carbonyl (C=O) groups excluding carboxylic acids is 1. The van der Waals surface area contributed by atoms with Crippen molar-refractivity contribution in [1.82, 2.24) is 15.3 Å². The van der Waals surface area contributed by atoms with Gasteiger partial charge in [-0.3, -0.25) is 0 Å². The van der Waals surface area contributed by atoms with Crippen LogP contribution >= 0.6 is 0 Å². The number of alkyl carbamates (subject to hydrolysis) is 1. The van der Waals surface area contributed by atoms with Crippen LogP contribution in [0.1, 0.15) is 39.3 Å². The van der Waals surface area contributed by atoms with Crippen molar-refractivity contribution in [2.24, 2.45) is 0 Å². The molecular weight excluding hydrogens is 278 g/mol. The zero-order chi connectivity index (χ0) is 16.2. The van der Waals surface area contributed by atoms with Gasteiger partial charge in [0.15, 0.2) is 0 Å². The van der Waals surface area contributed by atoms with E-state index in [-0.39, 0.29) is 6.04 Å². The number of nitrogens with zero attached hydrogens (tertiary/aromatic N) is 2. The highest BCUT2D eigenvalue weighted by Crippen LogP contribution is 2.21. The van der Waals surface area contributed by atoms with E-state index in [1.54, 1.807) is 12.4 Å². The summed E-state index contributed by atoms with van der Waals surface area (Å²) in [6.45, 7) is 7.44. The molecule has 1 amide bonds. The molecule has 5 heteroatoms. The van der Waals surface area contributed by atoms with Crippen molar-refractivity contribution in [3.8, 4) is 11.1 Å². The van der Waals surface area contributed by atoms with Crippen molar-refractivity contribution in [2.45, 2.75) is 39.3 Å². The number of hydrogen-bond donors (Lipinski definition) is 1. The van der Waals surface area contributed by atoms with E-state index in [0.29, 0.717) is 0 Å². The van der Waals surface area contributed by atoms with Gasteiger partial charge in [-0.15, -0.1) is 0 Å². The molecule has 2 rings (SSSR count). The first kappa shape index (κ1) is 15.9. The molecule has 1 aromatic carbocycles. The van der Waals surface area contributed by atoms with Crippen molar-refractivity contribution in [3.05, 3.63) is 48.5 Å². The Labute approximate surface area is 130 Å². The molecule has 116 valence electrons. The summed E-state index contributed by atoms with van der Waals surface area (Å²) in [5.74, 6) is 0. The molecule has 1 atom stereocenters. The van der Waals surface area contributed by atoms with Crippen LogP contribution in [0.4, 0.5) is 4.79 Å². The Morgan fingerprint density at radius 2 is 1.68 bits per heavy atom. The monoisotopic (exact) mass is 299 g/mol. The summed E-state index contributed by atoms with van der Waals surface area (Å²) >= 11 is 0. The lowest BCUT2D eigenvalue weighted by atomic mass is 10.0. The summed E-state index contributed by atoms with van der Waals surface area (Å²) in [5.41, 5.74) is 2.50. The maximum absolute atomic E-state index is 11.8. The van der Waals surface area contributed by atoms with E-state index in [1.165, 1.54) is 6.33 Å². The second-order valence-corrected chi connectivity index (χ2v) is 6.12. The van der Waals surface area contributed by atoms with Crippen LogP contribution in [0.3, 0.4) is 0 Å². The Balaban J connectivity index is 2.02. The average Bonchev–Trinajstić information content (AvgIpc) is 2.46. The molecule has 0 unspecified atom stereocenters. The number of ether oxygens (including phenoxy) is 1. The molecule has 0 saturated heterocycles. The lowest BCUT2D eigenvalue weighted by molar-refractivity contribution is 0.0508. The lowest BCUT2D eigenvalue weighted by Crippen LogP contribution is -2.34. The van der Waals surface area contributed by atoms with Crippen LogP contribution in [-0.2, 0) is 4.74 Å². The van der Waals surface area contributed by atoms with Gasteiger partial charge < -0.3 is 10.1 Å². The van der Waals surface area contributed by atoms with Crippen LogP contribution in [0, 0.1) is 0 Å². The van der Waals surface area contributed by atoms with Crippen LogP contribution in [0.2, 0.25) is 0 Å². The van der Waals surface area contributed by atoms with Gasteiger partial charge in [-0.1, -0.05) is 24.3 Å². The molecule has 1 aromatic heterocycles. The van der Waals surface area contributed by atoms with E-state index < -0.39 is 11.7 Å². The Kier molecular flexibility index (Phi) is 4.75. The fourth-order valence-corrected chi connectivity index (χ4v) is 1.98. The van der Waals surface area contributed by atoms with Crippen LogP contribution < -0.4 is 5.32 Å². The molecule has 2 aromatic rings. The molecular formula is C17H21N3O2. The Morgan fingerprint density at radius 1 is 1.09 bits per heavy atom. The fraction of sp³-hybridized carbons (Fsp3) is 0.353. The number of benzene rings is 1. The van der Waals surface area contributed by atoms with E-state index in [1.807, 2.05) is 52.0 Å². The van der Waals surface area contributed by atoms with Gasteiger partial charge in [-0.2, -0.15) is 0 Å². The predicted octanol–water partition coefficient (Wildman–Crippen LogP) is 3.73. The zero-order valence-corrected chi connectivity index (χ0v) is 13.3. The van der Waals surface area contributed by atoms with Gasteiger partial charge in [0.2, 0.25) is 0 Å². The number of aromatic nitrogens is 2.